The van der Waals surface area contributed by atoms with E-state index in [1.807, 2.05) is 42.9 Å². The minimum absolute atomic E-state index is 0.200. The van der Waals surface area contributed by atoms with Gasteiger partial charge in [-0.15, -0.1) is 13.2 Å². The largest absolute Gasteiger partial charge is 0.573 e. The minimum Gasteiger partial charge on any atom is -0.457 e. The Hall–Kier alpha value is -7.27. The molecule has 0 aliphatic carbocycles. The third-order valence-electron chi connectivity index (χ3n) is 11.2. The number of hydrogen-bond acceptors (Lipinski definition) is 8. The quantitative estimate of drug-likeness (QED) is 0.123. The summed E-state index contributed by atoms with van der Waals surface area (Å²) in [4.78, 5) is 28.4. The number of nitrogens with zero attached hydrogens (tertiary/aromatic N) is 6. The third kappa shape index (κ3) is 11.4. The number of imidazole rings is 1. The molecular formula is C49H43ClF6N8O3. The summed E-state index contributed by atoms with van der Waals surface area (Å²) in [5.41, 5.74) is 6.80. The number of nitrogens with one attached hydrogen (secondary N) is 2. The van der Waals surface area contributed by atoms with Gasteiger partial charge in [0.15, 0.2) is 5.82 Å². The highest BCUT2D eigenvalue weighted by Crippen LogP contribution is 2.34. The van der Waals surface area contributed by atoms with E-state index in [9.17, 15) is 31.1 Å². The molecule has 346 valence electrons. The number of pyridine rings is 1. The van der Waals surface area contributed by atoms with Crippen molar-refractivity contribution in [3.63, 3.8) is 0 Å². The molecule has 5 heterocycles. The average Bonchev–Trinajstić information content (AvgIpc) is 3.89. The van der Waals surface area contributed by atoms with Gasteiger partial charge < -0.3 is 29.6 Å². The maximum absolute atomic E-state index is 13.0. The molecule has 2 N–H and O–H groups in total. The van der Waals surface area contributed by atoms with Crippen LogP contribution in [0.3, 0.4) is 0 Å². The van der Waals surface area contributed by atoms with Crippen molar-refractivity contribution in [2.24, 2.45) is 7.05 Å². The first-order valence-corrected chi connectivity index (χ1v) is 21.6. The van der Waals surface area contributed by atoms with E-state index in [2.05, 4.69) is 47.4 Å². The van der Waals surface area contributed by atoms with E-state index in [0.29, 0.717) is 46.6 Å². The van der Waals surface area contributed by atoms with Gasteiger partial charge >= 0.3 is 12.5 Å². The number of aromatic nitrogens is 5. The second-order valence-corrected chi connectivity index (χ2v) is 16.2. The summed E-state index contributed by atoms with van der Waals surface area (Å²) in [7, 11) is 1.91. The molecule has 67 heavy (non-hydrogen) atoms. The molecule has 18 heteroatoms. The van der Waals surface area contributed by atoms with Crippen molar-refractivity contribution >= 4 is 51.4 Å². The summed E-state index contributed by atoms with van der Waals surface area (Å²) in [6.07, 6.45) is -1.51. The Kier molecular flexibility index (Phi) is 13.6. The Morgan fingerprint density at radius 1 is 0.806 bits per heavy atom. The zero-order chi connectivity index (χ0) is 47.3. The van der Waals surface area contributed by atoms with Crippen LogP contribution in [0, 0.1) is 0 Å². The maximum atomic E-state index is 13.0. The van der Waals surface area contributed by atoms with Gasteiger partial charge in [0.2, 0.25) is 0 Å². The van der Waals surface area contributed by atoms with Crippen molar-refractivity contribution in [2.75, 3.05) is 23.3 Å². The third-order valence-corrected chi connectivity index (χ3v) is 11.5. The Labute approximate surface area is 386 Å². The predicted molar refractivity (Wildman–Crippen MR) is 244 cm³/mol. The Morgan fingerprint density at radius 2 is 1.46 bits per heavy atom. The molecule has 8 aromatic rings. The van der Waals surface area contributed by atoms with Crippen molar-refractivity contribution < 1.29 is 40.6 Å². The van der Waals surface area contributed by atoms with E-state index in [1.165, 1.54) is 30.6 Å². The van der Waals surface area contributed by atoms with Gasteiger partial charge in [-0.05, 0) is 127 Å². The van der Waals surface area contributed by atoms with Crippen molar-refractivity contribution in [1.82, 2.24) is 29.2 Å². The molecule has 1 fully saturated rings. The summed E-state index contributed by atoms with van der Waals surface area (Å²) in [5.74, 6) is 1.40. The topological polar surface area (TPSA) is 111 Å². The smallest absolute Gasteiger partial charge is 0.457 e. The molecule has 0 spiro atoms. The highest BCUT2D eigenvalue weighted by Gasteiger charge is 2.32. The number of carbonyl (C=O) groups excluding carboxylic acids is 1. The Bertz CT molecular complexity index is 2950. The first kappa shape index (κ1) is 46.3. The van der Waals surface area contributed by atoms with Crippen LogP contribution in [-0.2, 0) is 26.2 Å². The van der Waals surface area contributed by atoms with Crippen LogP contribution < -0.4 is 25.0 Å². The molecule has 1 amide bonds. The van der Waals surface area contributed by atoms with Gasteiger partial charge in [0.05, 0.1) is 21.8 Å². The van der Waals surface area contributed by atoms with E-state index in [-0.39, 0.29) is 17.6 Å². The number of aryl methyl sites for hydroxylation is 2. The number of ether oxygens (including phenoxy) is 2. The number of anilines is 3. The van der Waals surface area contributed by atoms with Crippen LogP contribution in [0.5, 0.6) is 17.2 Å². The molecule has 0 radical (unpaired) electrons. The van der Waals surface area contributed by atoms with Crippen LogP contribution in [0.4, 0.5) is 43.5 Å². The first-order chi connectivity index (χ1) is 32.1. The van der Waals surface area contributed by atoms with Crippen LogP contribution in [0.1, 0.15) is 58.6 Å². The number of alkyl halides is 6. The van der Waals surface area contributed by atoms with E-state index >= 15 is 0 Å². The molecule has 11 nitrogen and oxygen atoms in total. The van der Waals surface area contributed by atoms with Gasteiger partial charge in [0.1, 0.15) is 40.4 Å². The van der Waals surface area contributed by atoms with Crippen LogP contribution >= 0.6 is 11.6 Å². The molecule has 0 unspecified atom stereocenters. The number of hydrogen-bond donors (Lipinski definition) is 2. The molecule has 1 saturated heterocycles. The molecular weight excluding hydrogens is 898 g/mol. The van der Waals surface area contributed by atoms with Crippen molar-refractivity contribution in [1.29, 1.82) is 0 Å². The van der Waals surface area contributed by atoms with Crippen LogP contribution in [0.15, 0.2) is 134 Å². The minimum atomic E-state index is -4.68. The van der Waals surface area contributed by atoms with E-state index < -0.39 is 18.1 Å². The summed E-state index contributed by atoms with van der Waals surface area (Å²) in [5, 5.41) is 6.77. The number of halogens is 7. The van der Waals surface area contributed by atoms with Crippen molar-refractivity contribution in [2.45, 2.75) is 51.2 Å². The molecule has 0 bridgehead atoms. The molecule has 1 aliphatic heterocycles. The van der Waals surface area contributed by atoms with Gasteiger partial charge in [-0.1, -0.05) is 42.8 Å². The molecule has 4 aromatic heterocycles. The zero-order valence-corrected chi connectivity index (χ0v) is 36.8. The van der Waals surface area contributed by atoms with Crippen LogP contribution in [0.25, 0.3) is 16.7 Å². The summed E-state index contributed by atoms with van der Waals surface area (Å²) in [6, 6.07) is 31.4. The van der Waals surface area contributed by atoms with Gasteiger partial charge in [0, 0.05) is 50.5 Å². The maximum Gasteiger partial charge on any atom is 0.573 e. The number of rotatable bonds is 11. The Balaban J connectivity index is 0.000000192. The van der Waals surface area contributed by atoms with Crippen molar-refractivity contribution in [3.8, 4) is 17.2 Å². The SMILES string of the molecule is CCc1nc2ccc(Cl)cn2c1C(=O)NCc1ccc(N2CCC(c3ccc(OC(F)(F)F)cc3)CC2)cc1.Cn1ccc2ncnc(Nc3ccc(Oc4ccc(C(F)(F)F)cc4)cc3)c21. The van der Waals surface area contributed by atoms with E-state index in [1.54, 1.807) is 59.1 Å². The molecule has 9 rings (SSSR count). The van der Waals surface area contributed by atoms with Gasteiger partial charge in [-0.25, -0.2) is 15.0 Å². The summed E-state index contributed by atoms with van der Waals surface area (Å²) in [6.45, 7) is 4.04. The van der Waals surface area contributed by atoms with Crippen LogP contribution in [0.2, 0.25) is 5.02 Å². The zero-order valence-electron chi connectivity index (χ0n) is 36.1. The lowest BCUT2D eigenvalue weighted by Crippen LogP contribution is -2.32. The summed E-state index contributed by atoms with van der Waals surface area (Å²) >= 11 is 6.14. The van der Waals surface area contributed by atoms with E-state index in [4.69, 9.17) is 16.3 Å². The van der Waals surface area contributed by atoms with Crippen molar-refractivity contribution in [3.05, 3.63) is 167 Å². The summed E-state index contributed by atoms with van der Waals surface area (Å²) < 4.78 is 88.3. The van der Waals surface area contributed by atoms with Gasteiger partial charge in [-0.2, -0.15) is 13.2 Å². The molecule has 0 saturated carbocycles. The predicted octanol–water partition coefficient (Wildman–Crippen LogP) is 12.3. The fraction of sp³-hybridized carbons (Fsp3) is 0.224. The first-order valence-electron chi connectivity index (χ1n) is 21.2. The second kappa shape index (κ2) is 19.7. The highest BCUT2D eigenvalue weighted by molar-refractivity contribution is 6.30. The lowest BCUT2D eigenvalue weighted by Gasteiger charge is -2.34. The number of piperidine rings is 1. The lowest BCUT2D eigenvalue weighted by atomic mass is 9.89. The molecule has 4 aromatic carbocycles. The normalized spacial score (nSPS) is 13.3. The molecule has 0 atom stereocenters. The second-order valence-electron chi connectivity index (χ2n) is 15.7. The number of amides is 1. The fourth-order valence-electron chi connectivity index (χ4n) is 7.86. The van der Waals surface area contributed by atoms with E-state index in [0.717, 1.165) is 77.3 Å². The van der Waals surface area contributed by atoms with Crippen LogP contribution in [-0.4, -0.2) is 49.3 Å². The fourth-order valence-corrected chi connectivity index (χ4v) is 8.02. The monoisotopic (exact) mass is 940 g/mol. The lowest BCUT2D eigenvalue weighted by molar-refractivity contribution is -0.274. The average molecular weight is 941 g/mol. The number of benzene rings is 4. The number of fused-ring (bicyclic) bond motifs is 2. The standard InChI is InChI=1S/C29H28ClF3N4O2.C20H15F3N4O/c1-2-25-27(37-18-22(30)7-12-26(37)35-25)28(38)34-17-19-3-8-23(9-4-19)36-15-13-21(14-16-36)20-5-10-24(11-6-20)39-29(31,32)33;1-27-11-10-17-18(27)19(25-12-24-17)26-14-4-8-16(9-5-14)28-15-6-2-13(3-7-15)20(21,22)23/h3-12,18,21H,2,13-17H2,1H3,(H,34,38);2-12H,1H3,(H,24,25,26). The van der Waals surface area contributed by atoms with Gasteiger partial charge in [-0.3, -0.25) is 9.20 Å². The number of carbonyl (C=O) groups is 1. The van der Waals surface area contributed by atoms with Gasteiger partial charge in [0.25, 0.3) is 5.91 Å². The molecule has 1 aliphatic rings. The Morgan fingerprint density at radius 3 is 2.10 bits per heavy atom. The highest BCUT2D eigenvalue weighted by atomic mass is 35.5.